The maximum Gasteiger partial charge on any atom is 0.335 e. The molecule has 0 radical (unpaired) electrons. The number of anilines is 1. The minimum Gasteiger partial charge on any atom is -0.463 e. The highest BCUT2D eigenvalue weighted by Crippen LogP contribution is 2.30. The van der Waals surface area contributed by atoms with E-state index in [1.807, 2.05) is 0 Å². The number of allylic oxidation sites excluding steroid dienone is 1. The number of benzene rings is 1. The summed E-state index contributed by atoms with van der Waals surface area (Å²) in [5.74, 6) is -1.78. The van der Waals surface area contributed by atoms with Gasteiger partial charge in [0.05, 0.1) is 24.3 Å². The first-order chi connectivity index (χ1) is 12.4. The van der Waals surface area contributed by atoms with E-state index in [-0.39, 0.29) is 22.0 Å². The van der Waals surface area contributed by atoms with Gasteiger partial charge in [0.25, 0.3) is 0 Å². The molecule has 8 heteroatoms. The van der Waals surface area contributed by atoms with E-state index in [9.17, 15) is 17.6 Å². The Morgan fingerprint density at radius 1 is 1.65 bits per heavy atom. The average Bonchev–Trinajstić information content (AvgIpc) is 2.52. The zero-order valence-corrected chi connectivity index (χ0v) is 13.7. The number of sulfonamides is 1. The standard InChI is InChI=1S/C15H17ClFNO4S/c1-2-22-15(19)11-5-3-4-6-14(11)23(20,21)18-13-8-7-10(17)9-12(13)16/h5,7-9,14,18H,2-4,6H2,1H3/t14-/m1/s1/i4D2,5D/hD. The monoisotopic (exact) mass is 365 g/mol. The summed E-state index contributed by atoms with van der Waals surface area (Å²) >= 11 is 5.82. The summed E-state index contributed by atoms with van der Waals surface area (Å²) in [6.45, 7) is 1.44. The van der Waals surface area contributed by atoms with Crippen molar-refractivity contribution in [3.05, 3.63) is 40.7 Å². The Morgan fingerprint density at radius 2 is 2.39 bits per heavy atom. The molecular formula is C15H17ClFNO4S. The maximum atomic E-state index is 13.2. The summed E-state index contributed by atoms with van der Waals surface area (Å²) in [7, 11) is -4.69. The van der Waals surface area contributed by atoms with Crippen LogP contribution in [0.5, 0.6) is 0 Å². The number of hydrogen-bond donors (Lipinski definition) is 1. The predicted octanol–water partition coefficient (Wildman–Crippen LogP) is 3.26. The van der Waals surface area contributed by atoms with Crippen LogP contribution in [0.25, 0.3) is 0 Å². The van der Waals surface area contributed by atoms with Gasteiger partial charge in [-0.3, -0.25) is 4.72 Å². The van der Waals surface area contributed by atoms with Gasteiger partial charge in [-0.15, -0.1) is 0 Å². The zero-order valence-electron chi connectivity index (χ0n) is 16.2. The van der Waals surface area contributed by atoms with Crippen LogP contribution in [0.4, 0.5) is 10.1 Å². The fraction of sp³-hybridized carbons (Fsp3) is 0.400. The maximum absolute atomic E-state index is 13.2. The zero-order chi connectivity index (χ0) is 20.6. The molecule has 1 N–H and O–H groups in total. The number of rotatable bonds is 5. The first-order valence-electron chi connectivity index (χ1n) is 8.70. The fourth-order valence-corrected chi connectivity index (χ4v) is 3.63. The molecule has 1 atom stereocenters. The van der Waals surface area contributed by atoms with Crippen molar-refractivity contribution in [1.82, 2.24) is 0 Å². The first-order valence-corrected chi connectivity index (χ1v) is 8.63. The summed E-state index contributed by atoms with van der Waals surface area (Å²) in [5, 5.41) is -2.16. The lowest BCUT2D eigenvalue weighted by Crippen LogP contribution is -2.34. The molecule has 0 aliphatic heterocycles. The molecule has 0 saturated carbocycles. The van der Waals surface area contributed by atoms with Crippen LogP contribution in [0.2, 0.25) is 6.43 Å². The van der Waals surface area contributed by atoms with Crippen molar-refractivity contribution in [2.45, 2.75) is 31.4 Å². The SMILES string of the molecule is [2H]C1=C(C(=O)OCC)[C@H](S(=O)(=O)N([2H])c2ccc(F)cc2Cl)CC([2H])([2H])C1. The molecule has 1 aromatic rings. The van der Waals surface area contributed by atoms with Crippen LogP contribution in [0.1, 0.15) is 30.3 Å². The molecule has 1 aliphatic carbocycles. The number of nitrogens with one attached hydrogen (secondary N) is 1. The lowest BCUT2D eigenvalue weighted by atomic mass is 9.99. The van der Waals surface area contributed by atoms with Crippen LogP contribution >= 0.6 is 11.6 Å². The smallest absolute Gasteiger partial charge is 0.335 e. The van der Waals surface area contributed by atoms with Gasteiger partial charge in [-0.2, -0.15) is 0 Å². The number of carbonyl (C=O) groups is 1. The van der Waals surface area contributed by atoms with Crippen LogP contribution in [0.3, 0.4) is 0 Å². The third-order valence-electron chi connectivity index (χ3n) is 3.05. The summed E-state index contributed by atoms with van der Waals surface area (Å²) in [5.41, 5.74) is -0.874. The molecule has 0 aromatic heterocycles. The van der Waals surface area contributed by atoms with Crippen molar-refractivity contribution in [3.8, 4) is 0 Å². The minimum atomic E-state index is -4.69. The lowest BCUT2D eigenvalue weighted by Gasteiger charge is -2.24. The number of hydrogen-bond acceptors (Lipinski definition) is 4. The van der Waals surface area contributed by atoms with Gasteiger partial charge in [-0.05, 0) is 44.3 Å². The molecule has 0 fully saturated rings. The summed E-state index contributed by atoms with van der Waals surface area (Å²) in [4.78, 5) is 12.2. The topological polar surface area (TPSA) is 72.5 Å². The Labute approximate surface area is 145 Å². The largest absolute Gasteiger partial charge is 0.463 e. The lowest BCUT2D eigenvalue weighted by molar-refractivity contribution is -0.138. The molecule has 1 aromatic carbocycles. The molecule has 23 heavy (non-hydrogen) atoms. The van der Waals surface area contributed by atoms with Gasteiger partial charge in [-0.1, -0.05) is 17.7 Å². The Balaban J connectivity index is 2.55. The van der Waals surface area contributed by atoms with Gasteiger partial charge >= 0.3 is 5.97 Å². The second-order valence-corrected chi connectivity index (χ2v) is 6.82. The van der Waals surface area contributed by atoms with Gasteiger partial charge in [0.15, 0.2) is 1.41 Å². The second-order valence-electron chi connectivity index (χ2n) is 4.63. The van der Waals surface area contributed by atoms with E-state index < -0.39 is 57.9 Å². The van der Waals surface area contributed by atoms with Crippen molar-refractivity contribution in [3.63, 3.8) is 0 Å². The third kappa shape index (κ3) is 4.23. The number of ether oxygens (including phenoxy) is 1. The van der Waals surface area contributed by atoms with E-state index in [0.717, 1.165) is 18.2 Å². The molecule has 0 saturated heterocycles. The molecule has 1 aliphatic rings. The van der Waals surface area contributed by atoms with Gasteiger partial charge in [-0.25, -0.2) is 17.6 Å². The quantitative estimate of drug-likeness (QED) is 0.813. The second kappa shape index (κ2) is 7.31. The number of carbonyl (C=O) groups excluding carboxylic acids is 1. The minimum absolute atomic E-state index is 0.0212. The summed E-state index contributed by atoms with van der Waals surface area (Å²) in [6.07, 6.45) is -3.17. The summed E-state index contributed by atoms with van der Waals surface area (Å²) in [6, 6.07) is 2.22. The fourth-order valence-electron chi connectivity index (χ4n) is 2.00. The molecule has 0 unspecified atom stereocenters. The molecule has 5 nitrogen and oxygen atoms in total. The van der Waals surface area contributed by atoms with Crippen molar-refractivity contribution >= 4 is 33.3 Å². The van der Waals surface area contributed by atoms with E-state index in [0.29, 0.717) is 0 Å². The van der Waals surface area contributed by atoms with E-state index in [1.54, 1.807) is 0 Å². The highest BCUT2D eigenvalue weighted by atomic mass is 35.5. The summed E-state index contributed by atoms with van der Waals surface area (Å²) < 4.78 is 75.6. The molecule has 0 amide bonds. The van der Waals surface area contributed by atoms with Crippen LogP contribution < -0.4 is 4.72 Å². The Morgan fingerprint density at radius 3 is 3.04 bits per heavy atom. The average molecular weight is 366 g/mol. The van der Waals surface area contributed by atoms with E-state index in [2.05, 4.69) is 0 Å². The Kier molecular flexibility index (Phi) is 4.06. The van der Waals surface area contributed by atoms with Crippen LogP contribution in [0.15, 0.2) is 29.8 Å². The normalized spacial score (nSPS) is 23.3. The van der Waals surface area contributed by atoms with Crippen molar-refractivity contribution in [2.75, 3.05) is 11.3 Å². The number of halogens is 2. The molecule has 0 heterocycles. The van der Waals surface area contributed by atoms with Gasteiger partial charge < -0.3 is 4.74 Å². The molecule has 0 bridgehead atoms. The van der Waals surface area contributed by atoms with E-state index in [4.69, 9.17) is 21.9 Å². The van der Waals surface area contributed by atoms with Crippen molar-refractivity contribution in [1.29, 1.82) is 0 Å². The van der Waals surface area contributed by atoms with Gasteiger partial charge in [0, 0.05) is 2.74 Å². The molecule has 2 rings (SSSR count). The highest BCUT2D eigenvalue weighted by molar-refractivity contribution is 7.93. The third-order valence-corrected chi connectivity index (χ3v) is 4.92. The molecule has 126 valence electrons. The van der Waals surface area contributed by atoms with Gasteiger partial charge in [0.2, 0.25) is 10.0 Å². The van der Waals surface area contributed by atoms with Crippen molar-refractivity contribution < 1.29 is 27.9 Å². The number of esters is 1. The van der Waals surface area contributed by atoms with Gasteiger partial charge in [0.1, 0.15) is 11.1 Å². The van der Waals surface area contributed by atoms with E-state index >= 15 is 0 Å². The predicted molar refractivity (Wildman–Crippen MR) is 86.3 cm³/mol. The molecular weight excluding hydrogens is 345 g/mol. The Hall–Kier alpha value is -1.60. The van der Waals surface area contributed by atoms with Crippen LogP contribution in [-0.2, 0) is 19.6 Å². The van der Waals surface area contributed by atoms with Crippen LogP contribution in [-0.4, -0.2) is 26.2 Å². The van der Waals surface area contributed by atoms with Crippen molar-refractivity contribution in [2.24, 2.45) is 0 Å². The van der Waals surface area contributed by atoms with E-state index in [1.165, 1.54) is 6.92 Å². The van der Waals surface area contributed by atoms with Crippen LogP contribution in [0, 0.1) is 5.82 Å². The Bertz CT molecular complexity index is 894. The molecule has 0 spiro atoms. The highest BCUT2D eigenvalue weighted by Gasteiger charge is 2.35. The first kappa shape index (κ1) is 12.8.